The number of pyridine rings is 1. The molecule has 1 N–H and O–H groups in total. The lowest BCUT2D eigenvalue weighted by molar-refractivity contribution is -0.383. The SMILES string of the molecule is O=[N+]([O-])c1cccc2c(N3CCC(CCO)C3)ccnc12. The average molecular weight is 287 g/mol. The first kappa shape index (κ1) is 13.8. The number of aliphatic hydroxyl groups excluding tert-OH is 1. The molecule has 1 atom stereocenters. The summed E-state index contributed by atoms with van der Waals surface area (Å²) in [5.41, 5.74) is 1.47. The maximum absolute atomic E-state index is 11.1. The zero-order chi connectivity index (χ0) is 14.8. The number of fused-ring (bicyclic) bond motifs is 1. The monoisotopic (exact) mass is 287 g/mol. The van der Waals surface area contributed by atoms with Gasteiger partial charge in [0.15, 0.2) is 0 Å². The fourth-order valence-electron chi connectivity index (χ4n) is 3.04. The third-order valence-corrected chi connectivity index (χ3v) is 4.09. The predicted molar refractivity (Wildman–Crippen MR) is 80.4 cm³/mol. The molecule has 6 nitrogen and oxygen atoms in total. The molecule has 0 bridgehead atoms. The van der Waals surface area contributed by atoms with Gasteiger partial charge < -0.3 is 10.0 Å². The zero-order valence-electron chi connectivity index (χ0n) is 11.6. The molecule has 1 aromatic carbocycles. The van der Waals surface area contributed by atoms with Gasteiger partial charge in [-0.2, -0.15) is 0 Å². The highest BCUT2D eigenvalue weighted by molar-refractivity contribution is 5.96. The lowest BCUT2D eigenvalue weighted by Gasteiger charge is -2.20. The quantitative estimate of drug-likeness (QED) is 0.689. The van der Waals surface area contributed by atoms with Crippen LogP contribution in [0.4, 0.5) is 11.4 Å². The van der Waals surface area contributed by atoms with Crippen LogP contribution in [-0.4, -0.2) is 34.7 Å². The Morgan fingerprint density at radius 2 is 2.29 bits per heavy atom. The number of hydrogen-bond acceptors (Lipinski definition) is 5. The Bertz CT molecular complexity index is 674. The lowest BCUT2D eigenvalue weighted by atomic mass is 10.1. The topological polar surface area (TPSA) is 79.5 Å². The minimum atomic E-state index is -0.391. The average Bonchev–Trinajstić information content (AvgIpc) is 2.94. The van der Waals surface area contributed by atoms with Crippen LogP contribution in [0.2, 0.25) is 0 Å². The van der Waals surface area contributed by atoms with Gasteiger partial charge >= 0.3 is 0 Å². The van der Waals surface area contributed by atoms with E-state index in [1.54, 1.807) is 12.3 Å². The van der Waals surface area contributed by atoms with Crippen molar-refractivity contribution in [3.05, 3.63) is 40.6 Å². The van der Waals surface area contributed by atoms with Gasteiger partial charge in [-0.3, -0.25) is 10.1 Å². The number of para-hydroxylation sites is 1. The second kappa shape index (κ2) is 5.65. The normalized spacial score (nSPS) is 18.3. The minimum absolute atomic E-state index is 0.0421. The molecule has 21 heavy (non-hydrogen) atoms. The Kier molecular flexibility index (Phi) is 3.70. The van der Waals surface area contributed by atoms with Crippen molar-refractivity contribution in [1.29, 1.82) is 0 Å². The Labute approximate surface area is 122 Å². The van der Waals surface area contributed by atoms with E-state index >= 15 is 0 Å². The Morgan fingerprint density at radius 1 is 1.43 bits per heavy atom. The molecule has 2 heterocycles. The minimum Gasteiger partial charge on any atom is -0.396 e. The molecule has 1 aliphatic rings. The standard InChI is InChI=1S/C15H17N3O3/c19-9-6-11-5-8-17(10-11)13-4-7-16-15-12(13)2-1-3-14(15)18(20)21/h1-4,7,11,19H,5-6,8-10H2. The smallest absolute Gasteiger partial charge is 0.295 e. The van der Waals surface area contributed by atoms with Crippen LogP contribution in [0.1, 0.15) is 12.8 Å². The molecule has 2 aromatic rings. The van der Waals surface area contributed by atoms with Crippen LogP contribution in [-0.2, 0) is 0 Å². The molecule has 0 spiro atoms. The maximum atomic E-state index is 11.1. The number of hydrogen-bond donors (Lipinski definition) is 1. The number of nitro groups is 1. The number of rotatable bonds is 4. The number of aromatic nitrogens is 1. The van der Waals surface area contributed by atoms with Crippen LogP contribution in [0.3, 0.4) is 0 Å². The third kappa shape index (κ3) is 2.54. The maximum Gasteiger partial charge on any atom is 0.295 e. The van der Waals surface area contributed by atoms with Crippen LogP contribution < -0.4 is 4.90 Å². The van der Waals surface area contributed by atoms with Crippen molar-refractivity contribution in [2.75, 3.05) is 24.6 Å². The molecule has 110 valence electrons. The van der Waals surface area contributed by atoms with E-state index in [1.165, 1.54) is 6.07 Å². The zero-order valence-corrected chi connectivity index (χ0v) is 11.6. The molecule has 0 amide bonds. The second-order valence-corrected chi connectivity index (χ2v) is 5.37. The Balaban J connectivity index is 2.00. The molecule has 1 aliphatic heterocycles. The van der Waals surface area contributed by atoms with E-state index in [-0.39, 0.29) is 12.3 Å². The molecule has 6 heteroatoms. The van der Waals surface area contributed by atoms with E-state index in [1.807, 2.05) is 12.1 Å². The van der Waals surface area contributed by atoms with E-state index in [0.29, 0.717) is 11.4 Å². The summed E-state index contributed by atoms with van der Waals surface area (Å²) >= 11 is 0. The van der Waals surface area contributed by atoms with Crippen molar-refractivity contribution in [2.24, 2.45) is 5.92 Å². The first-order valence-corrected chi connectivity index (χ1v) is 7.08. The Morgan fingerprint density at radius 3 is 3.05 bits per heavy atom. The van der Waals surface area contributed by atoms with Crippen molar-refractivity contribution in [3.63, 3.8) is 0 Å². The van der Waals surface area contributed by atoms with Crippen LogP contribution in [0.15, 0.2) is 30.5 Å². The summed E-state index contributed by atoms with van der Waals surface area (Å²) in [5.74, 6) is 0.483. The molecular formula is C15H17N3O3. The first-order chi connectivity index (χ1) is 10.2. The van der Waals surface area contributed by atoms with E-state index < -0.39 is 4.92 Å². The number of benzene rings is 1. The summed E-state index contributed by atoms with van der Waals surface area (Å²) < 4.78 is 0. The molecule has 3 rings (SSSR count). The van der Waals surface area contributed by atoms with Crippen molar-refractivity contribution < 1.29 is 10.0 Å². The number of anilines is 1. The third-order valence-electron chi connectivity index (χ3n) is 4.09. The summed E-state index contributed by atoms with van der Waals surface area (Å²) in [6.45, 7) is 2.00. The summed E-state index contributed by atoms with van der Waals surface area (Å²) in [6.07, 6.45) is 3.48. The molecule has 0 saturated carbocycles. The fraction of sp³-hybridized carbons (Fsp3) is 0.400. The van der Waals surface area contributed by atoms with Gasteiger partial charge in [-0.15, -0.1) is 0 Å². The van der Waals surface area contributed by atoms with Gasteiger partial charge in [0.1, 0.15) is 5.52 Å². The summed E-state index contributed by atoms with van der Waals surface area (Å²) in [5, 5.41) is 21.0. The number of non-ortho nitro benzene ring substituents is 1. The molecule has 1 unspecified atom stereocenters. The van der Waals surface area contributed by atoms with Crippen molar-refractivity contribution in [1.82, 2.24) is 4.98 Å². The lowest BCUT2D eigenvalue weighted by Crippen LogP contribution is -2.20. The molecule has 0 radical (unpaired) electrons. The number of nitrogens with zero attached hydrogens (tertiary/aromatic N) is 3. The molecule has 1 saturated heterocycles. The van der Waals surface area contributed by atoms with Crippen LogP contribution in [0, 0.1) is 16.0 Å². The molecule has 0 aliphatic carbocycles. The molecule has 1 fully saturated rings. The van der Waals surface area contributed by atoms with Gasteiger partial charge in [-0.25, -0.2) is 4.98 Å². The summed E-state index contributed by atoms with van der Waals surface area (Å²) in [4.78, 5) is 17.1. The van der Waals surface area contributed by atoms with Crippen LogP contribution in [0.25, 0.3) is 10.9 Å². The predicted octanol–water partition coefficient (Wildman–Crippen LogP) is 2.35. The van der Waals surface area contributed by atoms with E-state index in [2.05, 4.69) is 9.88 Å². The van der Waals surface area contributed by atoms with Crippen molar-refractivity contribution in [3.8, 4) is 0 Å². The summed E-state index contributed by atoms with van der Waals surface area (Å²) in [7, 11) is 0. The van der Waals surface area contributed by atoms with E-state index in [4.69, 9.17) is 5.11 Å². The van der Waals surface area contributed by atoms with Crippen molar-refractivity contribution in [2.45, 2.75) is 12.8 Å². The van der Waals surface area contributed by atoms with Crippen molar-refractivity contribution >= 4 is 22.3 Å². The van der Waals surface area contributed by atoms with Gasteiger partial charge in [-0.05, 0) is 24.8 Å². The highest BCUT2D eigenvalue weighted by Crippen LogP contribution is 2.33. The van der Waals surface area contributed by atoms with Crippen LogP contribution >= 0.6 is 0 Å². The fourth-order valence-corrected chi connectivity index (χ4v) is 3.04. The van der Waals surface area contributed by atoms with Gasteiger partial charge in [0, 0.05) is 43.0 Å². The first-order valence-electron chi connectivity index (χ1n) is 7.08. The largest absolute Gasteiger partial charge is 0.396 e. The number of nitro benzene ring substituents is 1. The number of aliphatic hydroxyl groups is 1. The van der Waals surface area contributed by atoms with E-state index in [0.717, 1.165) is 37.0 Å². The second-order valence-electron chi connectivity index (χ2n) is 5.37. The van der Waals surface area contributed by atoms with Gasteiger partial charge in [0.05, 0.1) is 4.92 Å². The highest BCUT2D eigenvalue weighted by atomic mass is 16.6. The van der Waals surface area contributed by atoms with E-state index in [9.17, 15) is 10.1 Å². The summed E-state index contributed by atoms with van der Waals surface area (Å²) in [6, 6.07) is 6.97. The van der Waals surface area contributed by atoms with Gasteiger partial charge in [0.25, 0.3) is 5.69 Å². The van der Waals surface area contributed by atoms with Gasteiger partial charge in [0.2, 0.25) is 0 Å². The van der Waals surface area contributed by atoms with Gasteiger partial charge in [-0.1, -0.05) is 12.1 Å². The van der Waals surface area contributed by atoms with Crippen LogP contribution in [0.5, 0.6) is 0 Å². The molecule has 1 aromatic heterocycles. The molecular weight excluding hydrogens is 270 g/mol. The highest BCUT2D eigenvalue weighted by Gasteiger charge is 2.24. The Hall–Kier alpha value is -2.21.